The predicted molar refractivity (Wildman–Crippen MR) is 138 cm³/mol. The van der Waals surface area contributed by atoms with Crippen LogP contribution in [-0.2, 0) is 16.2 Å². The summed E-state index contributed by atoms with van der Waals surface area (Å²) in [5, 5.41) is 16.5. The first-order valence-corrected chi connectivity index (χ1v) is 14.0. The molecule has 1 aromatic carbocycles. The second-order valence-corrected chi connectivity index (χ2v) is 12.6. The third-order valence-electron chi connectivity index (χ3n) is 7.02. The van der Waals surface area contributed by atoms with Crippen LogP contribution in [0.25, 0.3) is 22.2 Å². The van der Waals surface area contributed by atoms with Crippen LogP contribution in [-0.4, -0.2) is 54.8 Å². The highest BCUT2D eigenvalue weighted by molar-refractivity contribution is 7.92. The van der Waals surface area contributed by atoms with Crippen molar-refractivity contribution >= 4 is 32.6 Å². The van der Waals surface area contributed by atoms with Crippen LogP contribution in [0.5, 0.6) is 0 Å². The molecule has 2 aromatic heterocycles. The molecule has 3 aromatic rings. The Bertz CT molecular complexity index is 1530. The van der Waals surface area contributed by atoms with E-state index in [2.05, 4.69) is 39.4 Å². The van der Waals surface area contributed by atoms with Gasteiger partial charge in [-0.3, -0.25) is 4.31 Å². The number of hydrogen-bond donors (Lipinski definition) is 3. The molecule has 0 bridgehead atoms. The number of nitrogens with zero attached hydrogens (tertiary/aromatic N) is 4. The van der Waals surface area contributed by atoms with Gasteiger partial charge in [0.15, 0.2) is 0 Å². The highest BCUT2D eigenvalue weighted by atomic mass is 32.2. The number of nitrogens with one attached hydrogen (secondary N) is 3. The van der Waals surface area contributed by atoms with E-state index >= 15 is 0 Å². The van der Waals surface area contributed by atoms with Gasteiger partial charge in [-0.1, -0.05) is 19.9 Å². The molecule has 0 aliphatic carbocycles. The molecule has 0 amide bonds. The maximum atomic E-state index is 14.1. The molecule has 5 rings (SSSR count). The maximum absolute atomic E-state index is 14.1. The Balaban J connectivity index is 1.63. The molecule has 0 unspecified atom stereocenters. The fourth-order valence-corrected chi connectivity index (χ4v) is 6.98. The van der Waals surface area contributed by atoms with Crippen molar-refractivity contribution in [2.45, 2.75) is 45.3 Å². The molecule has 1 atom stereocenters. The molecular weight excluding hydrogens is 519 g/mol. The van der Waals surface area contributed by atoms with Crippen LogP contribution in [0, 0.1) is 16.7 Å². The molecule has 38 heavy (non-hydrogen) atoms. The zero-order valence-corrected chi connectivity index (χ0v) is 21.8. The summed E-state index contributed by atoms with van der Waals surface area (Å²) in [6.45, 7) is 5.86. The van der Waals surface area contributed by atoms with Crippen molar-refractivity contribution in [2.75, 3.05) is 35.0 Å². The molecule has 0 spiro atoms. The van der Waals surface area contributed by atoms with Gasteiger partial charge in [0, 0.05) is 49.0 Å². The first kappa shape index (κ1) is 26.2. The van der Waals surface area contributed by atoms with E-state index in [1.165, 1.54) is 22.6 Å². The third-order valence-corrected chi connectivity index (χ3v) is 8.87. The Morgan fingerprint density at radius 1 is 1.26 bits per heavy atom. The SMILES string of the molecule is CC1(C)CNC[C@@H](Nc2ncc(C(F)(F)F)c(-c3c[nH]c4c(N5CCCCS5(=O)=O)c(C#N)ccc34)n2)C1. The second-order valence-electron chi connectivity index (χ2n) is 10.6. The molecule has 2 saturated heterocycles. The van der Waals surface area contributed by atoms with Gasteiger partial charge in [-0.2, -0.15) is 18.4 Å². The molecule has 0 radical (unpaired) electrons. The van der Waals surface area contributed by atoms with E-state index in [4.69, 9.17) is 0 Å². The Hall–Kier alpha value is -3.37. The number of rotatable bonds is 4. The maximum Gasteiger partial charge on any atom is 0.419 e. The molecule has 0 saturated carbocycles. The minimum Gasteiger partial charge on any atom is -0.359 e. The van der Waals surface area contributed by atoms with Crippen molar-refractivity contribution in [3.05, 3.63) is 35.7 Å². The number of aromatic amines is 1. The summed E-state index contributed by atoms with van der Waals surface area (Å²) in [4.78, 5) is 11.2. The first-order chi connectivity index (χ1) is 17.9. The van der Waals surface area contributed by atoms with Crippen LogP contribution in [0.3, 0.4) is 0 Å². The van der Waals surface area contributed by atoms with E-state index in [0.717, 1.165) is 19.2 Å². The molecular formula is C25H28F3N7O2S. The summed E-state index contributed by atoms with van der Waals surface area (Å²) >= 11 is 0. The fourth-order valence-electron chi connectivity index (χ4n) is 5.31. The summed E-state index contributed by atoms with van der Waals surface area (Å²) in [6, 6.07) is 4.90. The van der Waals surface area contributed by atoms with Gasteiger partial charge in [0.2, 0.25) is 16.0 Å². The predicted octanol–water partition coefficient (Wildman–Crippen LogP) is 4.25. The van der Waals surface area contributed by atoms with Crippen molar-refractivity contribution in [1.82, 2.24) is 20.3 Å². The second kappa shape index (κ2) is 9.43. The normalized spacial score (nSPS) is 21.3. The molecule has 2 aliphatic rings. The van der Waals surface area contributed by atoms with E-state index in [1.807, 2.05) is 6.07 Å². The number of alkyl halides is 3. The topological polar surface area (TPSA) is 127 Å². The number of piperidine rings is 1. The van der Waals surface area contributed by atoms with E-state index in [9.17, 15) is 26.9 Å². The number of nitriles is 1. The van der Waals surface area contributed by atoms with Gasteiger partial charge >= 0.3 is 6.18 Å². The van der Waals surface area contributed by atoms with Gasteiger partial charge < -0.3 is 15.6 Å². The lowest BCUT2D eigenvalue weighted by atomic mass is 9.83. The molecule has 2 fully saturated rings. The summed E-state index contributed by atoms with van der Waals surface area (Å²) in [6.07, 6.45) is -0.677. The molecule has 2 aliphatic heterocycles. The molecule has 3 N–H and O–H groups in total. The van der Waals surface area contributed by atoms with Gasteiger partial charge in [-0.05, 0) is 30.7 Å². The average Bonchev–Trinajstić information content (AvgIpc) is 3.26. The highest BCUT2D eigenvalue weighted by Crippen LogP contribution is 2.42. The quantitative estimate of drug-likeness (QED) is 0.446. The minimum absolute atomic E-state index is 0.00510. The lowest BCUT2D eigenvalue weighted by molar-refractivity contribution is -0.137. The van der Waals surface area contributed by atoms with Crippen molar-refractivity contribution in [3.8, 4) is 17.3 Å². The Kier molecular flexibility index (Phi) is 6.51. The van der Waals surface area contributed by atoms with Crippen LogP contribution < -0.4 is 14.9 Å². The number of sulfonamides is 1. The minimum atomic E-state index is -4.72. The largest absolute Gasteiger partial charge is 0.419 e. The Labute approximate surface area is 218 Å². The van der Waals surface area contributed by atoms with Crippen molar-refractivity contribution < 1.29 is 21.6 Å². The standard InChI is InChI=1S/C25H28F3N7O2S/c1-24(2)9-16(11-30-14-24)33-23-32-13-19(25(26,27)28)20(34-23)18-12-31-21-17(18)6-5-15(10-29)22(21)35-7-3-4-8-38(35,36)37/h5-6,12-13,16,30-31H,3-4,7-9,11,14H2,1-2H3,(H,32,33,34)/t16-/m0/s1. The zero-order chi connectivity index (χ0) is 27.3. The van der Waals surface area contributed by atoms with Gasteiger partial charge in [0.1, 0.15) is 11.6 Å². The zero-order valence-electron chi connectivity index (χ0n) is 21.0. The number of hydrogen-bond acceptors (Lipinski definition) is 7. The highest BCUT2D eigenvalue weighted by Gasteiger charge is 2.37. The fraction of sp³-hybridized carbons (Fsp3) is 0.480. The van der Waals surface area contributed by atoms with Gasteiger partial charge in [-0.25, -0.2) is 18.4 Å². The summed E-state index contributed by atoms with van der Waals surface area (Å²) in [5.74, 6) is 0.00713. The molecule has 202 valence electrons. The van der Waals surface area contributed by atoms with Gasteiger partial charge in [0.25, 0.3) is 0 Å². The van der Waals surface area contributed by atoms with Crippen LogP contribution in [0.2, 0.25) is 0 Å². The van der Waals surface area contributed by atoms with Crippen molar-refractivity contribution in [1.29, 1.82) is 5.26 Å². The summed E-state index contributed by atoms with van der Waals surface area (Å²) < 4.78 is 69.1. The Morgan fingerprint density at radius 3 is 2.74 bits per heavy atom. The molecule has 9 nitrogen and oxygen atoms in total. The van der Waals surface area contributed by atoms with Crippen LogP contribution in [0.15, 0.2) is 24.5 Å². The van der Waals surface area contributed by atoms with Gasteiger partial charge in [-0.15, -0.1) is 0 Å². The lowest BCUT2D eigenvalue weighted by Crippen LogP contribution is -2.47. The average molecular weight is 548 g/mol. The monoisotopic (exact) mass is 547 g/mol. The summed E-state index contributed by atoms with van der Waals surface area (Å²) in [5.41, 5.74) is -0.671. The number of benzene rings is 1. The van der Waals surface area contributed by atoms with E-state index < -0.39 is 21.8 Å². The smallest absolute Gasteiger partial charge is 0.359 e. The first-order valence-electron chi connectivity index (χ1n) is 12.4. The van der Waals surface area contributed by atoms with Crippen molar-refractivity contribution in [3.63, 3.8) is 0 Å². The van der Waals surface area contributed by atoms with Gasteiger partial charge in [0.05, 0.1) is 28.2 Å². The van der Waals surface area contributed by atoms with Crippen molar-refractivity contribution in [2.24, 2.45) is 5.41 Å². The number of fused-ring (bicyclic) bond motifs is 1. The van der Waals surface area contributed by atoms with Crippen LogP contribution in [0.1, 0.15) is 44.2 Å². The Morgan fingerprint density at radius 2 is 2.05 bits per heavy atom. The number of aromatic nitrogens is 3. The van der Waals surface area contributed by atoms with E-state index in [0.29, 0.717) is 24.8 Å². The number of anilines is 2. The molecule has 13 heteroatoms. The number of halogens is 3. The van der Waals surface area contributed by atoms with Crippen LogP contribution >= 0.6 is 0 Å². The van der Waals surface area contributed by atoms with E-state index in [1.54, 1.807) is 0 Å². The molecule has 4 heterocycles. The summed E-state index contributed by atoms with van der Waals surface area (Å²) in [7, 11) is -3.68. The van der Waals surface area contributed by atoms with Crippen LogP contribution in [0.4, 0.5) is 24.8 Å². The number of H-pyrrole nitrogens is 1. The van der Waals surface area contributed by atoms with E-state index in [-0.39, 0.29) is 57.7 Å². The lowest BCUT2D eigenvalue weighted by Gasteiger charge is -2.36. The third kappa shape index (κ3) is 4.90.